The van der Waals surface area contributed by atoms with Crippen molar-refractivity contribution in [3.8, 4) is 0 Å². The van der Waals surface area contributed by atoms with Crippen LogP contribution in [0.1, 0.15) is 20.7 Å². The summed E-state index contributed by atoms with van der Waals surface area (Å²) in [6, 6.07) is 11.6. The van der Waals surface area contributed by atoms with Crippen LogP contribution >= 0.6 is 0 Å². The van der Waals surface area contributed by atoms with E-state index in [2.05, 4.69) is 10.5 Å². The molecule has 0 fully saturated rings. The number of anilines is 2. The lowest BCUT2D eigenvalue weighted by molar-refractivity contribution is 0.111. The first-order chi connectivity index (χ1) is 9.30. The molecular formula is C14H10N2O3. The fourth-order valence-electron chi connectivity index (χ4n) is 1.72. The van der Waals surface area contributed by atoms with Crippen molar-refractivity contribution < 1.29 is 9.59 Å². The second-order valence-electron chi connectivity index (χ2n) is 3.78. The zero-order valence-corrected chi connectivity index (χ0v) is 9.87. The van der Waals surface area contributed by atoms with E-state index in [0.717, 1.165) is 0 Å². The summed E-state index contributed by atoms with van der Waals surface area (Å²) in [5.41, 5.74) is 1.68. The molecule has 0 saturated heterocycles. The van der Waals surface area contributed by atoms with Crippen molar-refractivity contribution >= 4 is 29.6 Å². The molecule has 0 amide bonds. The molecule has 1 N–H and O–H groups in total. The highest BCUT2D eigenvalue weighted by Crippen LogP contribution is 2.28. The SMILES string of the molecule is O=Cc1ccccc1Nc1cccc(N=O)c1C=O. The molecule has 19 heavy (non-hydrogen) atoms. The van der Waals surface area contributed by atoms with Crippen LogP contribution in [-0.2, 0) is 0 Å². The third kappa shape index (κ3) is 2.55. The molecule has 0 bridgehead atoms. The minimum Gasteiger partial charge on any atom is -0.354 e. The average Bonchev–Trinajstić information content (AvgIpc) is 2.47. The maximum atomic E-state index is 11.0. The van der Waals surface area contributed by atoms with Gasteiger partial charge in [-0.15, -0.1) is 4.91 Å². The Balaban J connectivity index is 2.46. The molecule has 2 rings (SSSR count). The first-order valence-corrected chi connectivity index (χ1v) is 5.53. The van der Waals surface area contributed by atoms with Crippen LogP contribution in [0.5, 0.6) is 0 Å². The van der Waals surface area contributed by atoms with E-state index in [9.17, 15) is 14.5 Å². The Labute approximate surface area is 109 Å². The van der Waals surface area contributed by atoms with Gasteiger partial charge in [-0.3, -0.25) is 9.59 Å². The third-order valence-corrected chi connectivity index (χ3v) is 2.66. The molecule has 0 unspecified atom stereocenters. The lowest BCUT2D eigenvalue weighted by Gasteiger charge is -2.11. The molecule has 0 aliphatic carbocycles. The summed E-state index contributed by atoms with van der Waals surface area (Å²) in [5.74, 6) is 0. The summed E-state index contributed by atoms with van der Waals surface area (Å²) in [6.45, 7) is 0. The van der Waals surface area contributed by atoms with E-state index in [4.69, 9.17) is 0 Å². The maximum absolute atomic E-state index is 11.0. The number of nitrogens with one attached hydrogen (secondary N) is 1. The predicted octanol–water partition coefficient (Wildman–Crippen LogP) is 3.45. The second-order valence-corrected chi connectivity index (χ2v) is 3.78. The molecule has 5 nitrogen and oxygen atoms in total. The summed E-state index contributed by atoms with van der Waals surface area (Å²) in [6.07, 6.45) is 1.27. The highest BCUT2D eigenvalue weighted by atomic mass is 16.3. The van der Waals surface area contributed by atoms with Crippen LogP contribution in [0.25, 0.3) is 0 Å². The first kappa shape index (κ1) is 12.6. The van der Waals surface area contributed by atoms with Crippen LogP contribution in [0, 0.1) is 4.91 Å². The number of nitroso groups, excluding NO2 is 1. The molecule has 0 radical (unpaired) electrons. The van der Waals surface area contributed by atoms with Gasteiger partial charge in [0.1, 0.15) is 5.69 Å². The fourth-order valence-corrected chi connectivity index (χ4v) is 1.72. The molecule has 0 saturated carbocycles. The number of para-hydroxylation sites is 1. The number of aldehydes is 2. The Kier molecular flexibility index (Phi) is 3.78. The number of carbonyl (C=O) groups is 2. The predicted molar refractivity (Wildman–Crippen MR) is 72.4 cm³/mol. The van der Waals surface area contributed by atoms with Crippen LogP contribution in [0.15, 0.2) is 47.6 Å². The van der Waals surface area contributed by atoms with Gasteiger partial charge < -0.3 is 5.32 Å². The van der Waals surface area contributed by atoms with E-state index in [1.54, 1.807) is 36.4 Å². The lowest BCUT2D eigenvalue weighted by atomic mass is 10.1. The summed E-state index contributed by atoms with van der Waals surface area (Å²) < 4.78 is 0. The van der Waals surface area contributed by atoms with Gasteiger partial charge in [0.25, 0.3) is 0 Å². The number of nitrogens with zero attached hydrogens (tertiary/aromatic N) is 1. The molecule has 0 heterocycles. The number of carbonyl (C=O) groups excluding carboxylic acids is 2. The van der Waals surface area contributed by atoms with Gasteiger partial charge in [0.2, 0.25) is 0 Å². The van der Waals surface area contributed by atoms with Gasteiger partial charge in [-0.05, 0) is 29.4 Å². The van der Waals surface area contributed by atoms with Crippen molar-refractivity contribution in [3.63, 3.8) is 0 Å². The van der Waals surface area contributed by atoms with Crippen molar-refractivity contribution in [3.05, 3.63) is 58.5 Å². The molecule has 5 heteroatoms. The van der Waals surface area contributed by atoms with Gasteiger partial charge in [-0.25, -0.2) is 0 Å². The van der Waals surface area contributed by atoms with Crippen molar-refractivity contribution in [1.82, 2.24) is 0 Å². The standard InChI is InChI=1S/C14H10N2O3/c17-8-10-4-1-2-5-12(10)15-13-6-3-7-14(16-19)11(13)9-18/h1-9,15H. The average molecular weight is 254 g/mol. The summed E-state index contributed by atoms with van der Waals surface area (Å²) >= 11 is 0. The largest absolute Gasteiger partial charge is 0.354 e. The van der Waals surface area contributed by atoms with Crippen LogP contribution in [0.3, 0.4) is 0 Å². The van der Waals surface area contributed by atoms with Crippen LogP contribution < -0.4 is 5.32 Å². The first-order valence-electron chi connectivity index (χ1n) is 5.53. The number of benzene rings is 2. The second kappa shape index (κ2) is 5.68. The van der Waals surface area contributed by atoms with E-state index < -0.39 is 0 Å². The molecule has 0 aliphatic rings. The van der Waals surface area contributed by atoms with E-state index >= 15 is 0 Å². The van der Waals surface area contributed by atoms with E-state index in [1.165, 1.54) is 6.07 Å². The maximum Gasteiger partial charge on any atom is 0.154 e. The van der Waals surface area contributed by atoms with Crippen LogP contribution in [0.2, 0.25) is 0 Å². The normalized spacial score (nSPS) is 9.68. The summed E-state index contributed by atoms with van der Waals surface area (Å²) in [4.78, 5) is 32.6. The van der Waals surface area contributed by atoms with Crippen LogP contribution in [-0.4, -0.2) is 12.6 Å². The molecular weight excluding hydrogens is 244 g/mol. The van der Waals surface area contributed by atoms with Gasteiger partial charge in [-0.1, -0.05) is 18.2 Å². The highest BCUT2D eigenvalue weighted by molar-refractivity contribution is 5.94. The summed E-state index contributed by atoms with van der Waals surface area (Å²) in [7, 11) is 0. The van der Waals surface area contributed by atoms with Gasteiger partial charge >= 0.3 is 0 Å². The molecule has 0 aromatic heterocycles. The molecule has 2 aromatic carbocycles. The Morgan fingerprint density at radius 1 is 0.895 bits per heavy atom. The van der Waals surface area contributed by atoms with E-state index in [1.807, 2.05) is 0 Å². The topological polar surface area (TPSA) is 75.6 Å². The molecule has 2 aromatic rings. The number of hydrogen-bond acceptors (Lipinski definition) is 5. The Morgan fingerprint density at radius 3 is 2.32 bits per heavy atom. The Morgan fingerprint density at radius 2 is 1.63 bits per heavy atom. The fraction of sp³-hybridized carbons (Fsp3) is 0. The van der Waals surface area contributed by atoms with Gasteiger partial charge in [0, 0.05) is 11.3 Å². The van der Waals surface area contributed by atoms with Gasteiger partial charge in [-0.2, -0.15) is 0 Å². The van der Waals surface area contributed by atoms with E-state index in [0.29, 0.717) is 29.5 Å². The monoisotopic (exact) mass is 254 g/mol. The zero-order valence-electron chi connectivity index (χ0n) is 9.87. The van der Waals surface area contributed by atoms with Crippen molar-refractivity contribution in [1.29, 1.82) is 0 Å². The number of rotatable bonds is 5. The van der Waals surface area contributed by atoms with Crippen molar-refractivity contribution in [2.24, 2.45) is 5.18 Å². The Hall–Kier alpha value is -2.82. The van der Waals surface area contributed by atoms with Crippen molar-refractivity contribution in [2.75, 3.05) is 5.32 Å². The molecule has 0 spiro atoms. The lowest BCUT2D eigenvalue weighted by Crippen LogP contribution is -1.98. The Bertz CT molecular complexity index is 638. The quantitative estimate of drug-likeness (QED) is 0.654. The molecule has 0 aliphatic heterocycles. The molecule has 94 valence electrons. The van der Waals surface area contributed by atoms with Crippen molar-refractivity contribution in [2.45, 2.75) is 0 Å². The van der Waals surface area contributed by atoms with Gasteiger partial charge in [0.15, 0.2) is 12.6 Å². The highest BCUT2D eigenvalue weighted by Gasteiger charge is 2.09. The zero-order chi connectivity index (χ0) is 13.7. The van der Waals surface area contributed by atoms with Crippen LogP contribution in [0.4, 0.5) is 17.1 Å². The minimum absolute atomic E-state index is 0.0589. The number of hydrogen-bond donors (Lipinski definition) is 1. The summed E-state index contributed by atoms with van der Waals surface area (Å²) in [5, 5.41) is 5.75. The minimum atomic E-state index is 0.0589. The van der Waals surface area contributed by atoms with E-state index in [-0.39, 0.29) is 11.3 Å². The molecule has 0 atom stereocenters. The smallest absolute Gasteiger partial charge is 0.154 e. The third-order valence-electron chi connectivity index (χ3n) is 2.66. The van der Waals surface area contributed by atoms with Gasteiger partial charge in [0.05, 0.1) is 11.3 Å².